The number of rotatable bonds is 3. The third kappa shape index (κ3) is 4.51. The molecule has 1 unspecified atom stereocenters. The summed E-state index contributed by atoms with van der Waals surface area (Å²) >= 11 is 0. The number of halogens is 4. The quantitative estimate of drug-likeness (QED) is 0.482. The molecule has 1 saturated heterocycles. The number of nitrogens with one attached hydrogen (secondary N) is 1. The standard InChI is InChI=1S/C15H22F4N2O3/c1-24-13(22)11-8-21(7-10(11)12(16)17)14(23)20-9-4-2-3-5-15(18,19)6-9/h9-12H,2-8H2,1H3,(H,20,23)/t9?,10-,11-/m1/s1. The molecule has 1 aliphatic carbocycles. The molecule has 24 heavy (non-hydrogen) atoms. The Hall–Kier alpha value is -1.54. The number of methoxy groups -OCH3 is 1. The van der Waals surface area contributed by atoms with Crippen LogP contribution in [0.25, 0.3) is 0 Å². The molecular weight excluding hydrogens is 332 g/mol. The van der Waals surface area contributed by atoms with Gasteiger partial charge >= 0.3 is 12.0 Å². The van der Waals surface area contributed by atoms with Crippen LogP contribution in [0, 0.1) is 11.8 Å². The largest absolute Gasteiger partial charge is 0.469 e. The zero-order valence-corrected chi connectivity index (χ0v) is 13.4. The van der Waals surface area contributed by atoms with Crippen molar-refractivity contribution in [3.8, 4) is 0 Å². The van der Waals surface area contributed by atoms with E-state index in [4.69, 9.17) is 0 Å². The Morgan fingerprint density at radius 1 is 1.25 bits per heavy atom. The van der Waals surface area contributed by atoms with Gasteiger partial charge in [-0.2, -0.15) is 0 Å². The summed E-state index contributed by atoms with van der Waals surface area (Å²) < 4.78 is 57.8. The summed E-state index contributed by atoms with van der Waals surface area (Å²) in [5.74, 6) is -6.04. The van der Waals surface area contributed by atoms with E-state index >= 15 is 0 Å². The number of hydrogen-bond acceptors (Lipinski definition) is 3. The lowest BCUT2D eigenvalue weighted by Gasteiger charge is -2.24. The van der Waals surface area contributed by atoms with Gasteiger partial charge < -0.3 is 15.0 Å². The fraction of sp³-hybridized carbons (Fsp3) is 0.867. The summed E-state index contributed by atoms with van der Waals surface area (Å²) in [4.78, 5) is 24.9. The second-order valence-corrected chi connectivity index (χ2v) is 6.49. The number of esters is 1. The van der Waals surface area contributed by atoms with E-state index in [-0.39, 0.29) is 19.5 Å². The van der Waals surface area contributed by atoms with Gasteiger partial charge in [-0.05, 0) is 12.8 Å². The minimum absolute atomic E-state index is 0.198. The molecular formula is C15H22F4N2O3. The van der Waals surface area contributed by atoms with Crippen molar-refractivity contribution in [2.75, 3.05) is 20.2 Å². The van der Waals surface area contributed by atoms with Crippen LogP contribution in [0.4, 0.5) is 22.4 Å². The third-order valence-corrected chi connectivity index (χ3v) is 4.70. The first-order valence-electron chi connectivity index (χ1n) is 8.03. The second-order valence-electron chi connectivity index (χ2n) is 6.49. The summed E-state index contributed by atoms with van der Waals surface area (Å²) in [6.45, 7) is -0.497. The molecule has 5 nitrogen and oxygen atoms in total. The first kappa shape index (κ1) is 18.8. The van der Waals surface area contributed by atoms with E-state index in [0.717, 1.165) is 12.0 Å². The Morgan fingerprint density at radius 2 is 1.96 bits per heavy atom. The molecule has 3 atom stereocenters. The predicted molar refractivity (Wildman–Crippen MR) is 76.9 cm³/mol. The molecule has 1 aliphatic heterocycles. The highest BCUT2D eigenvalue weighted by Crippen LogP contribution is 2.33. The average Bonchev–Trinajstić information content (AvgIpc) is 2.88. The second kappa shape index (κ2) is 7.57. The van der Waals surface area contributed by atoms with E-state index in [1.165, 1.54) is 0 Å². The molecule has 0 spiro atoms. The van der Waals surface area contributed by atoms with Crippen LogP contribution in [-0.2, 0) is 9.53 Å². The van der Waals surface area contributed by atoms with Crippen LogP contribution in [0.5, 0.6) is 0 Å². The maximum Gasteiger partial charge on any atom is 0.317 e. The Bertz CT molecular complexity index is 476. The number of nitrogens with zero attached hydrogens (tertiary/aromatic N) is 1. The van der Waals surface area contributed by atoms with Crippen LogP contribution < -0.4 is 5.32 Å². The third-order valence-electron chi connectivity index (χ3n) is 4.70. The van der Waals surface area contributed by atoms with Crippen LogP contribution >= 0.6 is 0 Å². The Morgan fingerprint density at radius 3 is 2.58 bits per heavy atom. The highest BCUT2D eigenvalue weighted by molar-refractivity contribution is 5.78. The van der Waals surface area contributed by atoms with Crippen molar-refractivity contribution in [3.05, 3.63) is 0 Å². The van der Waals surface area contributed by atoms with Crippen molar-refractivity contribution in [2.45, 2.75) is 50.5 Å². The molecule has 2 rings (SSSR count). The van der Waals surface area contributed by atoms with E-state index in [9.17, 15) is 27.2 Å². The van der Waals surface area contributed by atoms with E-state index in [1.807, 2.05) is 0 Å². The van der Waals surface area contributed by atoms with Gasteiger partial charge in [0.15, 0.2) is 0 Å². The zero-order valence-electron chi connectivity index (χ0n) is 13.4. The fourth-order valence-corrected chi connectivity index (χ4v) is 3.38. The Kier molecular flexibility index (Phi) is 5.92. The van der Waals surface area contributed by atoms with Crippen LogP contribution in [0.3, 0.4) is 0 Å². The van der Waals surface area contributed by atoms with Crippen molar-refractivity contribution in [1.82, 2.24) is 10.2 Å². The molecule has 0 radical (unpaired) electrons. The van der Waals surface area contributed by atoms with Gasteiger partial charge in [-0.25, -0.2) is 22.4 Å². The van der Waals surface area contributed by atoms with Gasteiger partial charge in [-0.3, -0.25) is 4.79 Å². The van der Waals surface area contributed by atoms with E-state index in [2.05, 4.69) is 10.1 Å². The smallest absolute Gasteiger partial charge is 0.317 e. The summed E-state index contributed by atoms with van der Waals surface area (Å²) in [7, 11) is 1.10. The van der Waals surface area contributed by atoms with Crippen molar-refractivity contribution >= 4 is 12.0 Å². The molecule has 9 heteroatoms. The van der Waals surface area contributed by atoms with Gasteiger partial charge in [-0.15, -0.1) is 0 Å². The van der Waals surface area contributed by atoms with Crippen molar-refractivity contribution in [2.24, 2.45) is 11.8 Å². The van der Waals surface area contributed by atoms with Gasteiger partial charge in [0.25, 0.3) is 0 Å². The predicted octanol–water partition coefficient (Wildman–Crippen LogP) is 2.65. The maximum absolute atomic E-state index is 13.6. The minimum atomic E-state index is -2.83. The number of ether oxygens (including phenoxy) is 1. The minimum Gasteiger partial charge on any atom is -0.469 e. The monoisotopic (exact) mass is 354 g/mol. The van der Waals surface area contributed by atoms with Gasteiger partial charge in [-0.1, -0.05) is 6.42 Å². The molecule has 2 aliphatic rings. The summed E-state index contributed by atoms with van der Waals surface area (Å²) in [5, 5.41) is 2.50. The summed E-state index contributed by atoms with van der Waals surface area (Å²) in [6.07, 6.45) is -2.04. The van der Waals surface area contributed by atoms with Crippen LogP contribution in [-0.4, -0.2) is 55.5 Å². The van der Waals surface area contributed by atoms with Gasteiger partial charge in [0, 0.05) is 32.0 Å². The molecule has 2 fully saturated rings. The molecule has 0 bridgehead atoms. The number of alkyl halides is 4. The lowest BCUT2D eigenvalue weighted by Crippen LogP contribution is -2.45. The lowest BCUT2D eigenvalue weighted by molar-refractivity contribution is -0.148. The topological polar surface area (TPSA) is 58.6 Å². The van der Waals surface area contributed by atoms with E-state index < -0.39 is 48.6 Å². The number of amides is 2. The lowest BCUT2D eigenvalue weighted by atomic mass is 9.97. The van der Waals surface area contributed by atoms with Crippen LogP contribution in [0.1, 0.15) is 32.1 Å². The number of likely N-dealkylation sites (tertiary alicyclic amines) is 1. The van der Waals surface area contributed by atoms with Gasteiger partial charge in [0.1, 0.15) is 0 Å². The normalized spacial score (nSPS) is 30.1. The molecule has 2 amide bonds. The van der Waals surface area contributed by atoms with Gasteiger partial charge in [0.2, 0.25) is 12.3 Å². The highest BCUT2D eigenvalue weighted by atomic mass is 19.3. The van der Waals surface area contributed by atoms with E-state index in [1.54, 1.807) is 0 Å². The zero-order chi connectivity index (χ0) is 17.9. The summed E-state index contributed by atoms with van der Waals surface area (Å²) in [6, 6.07) is -1.38. The van der Waals surface area contributed by atoms with Crippen molar-refractivity contribution in [1.29, 1.82) is 0 Å². The molecule has 0 aromatic heterocycles. The van der Waals surface area contributed by atoms with Gasteiger partial charge in [0.05, 0.1) is 18.9 Å². The fourth-order valence-electron chi connectivity index (χ4n) is 3.38. The number of carbonyl (C=O) groups is 2. The number of carbonyl (C=O) groups excluding carboxylic acids is 2. The molecule has 1 saturated carbocycles. The van der Waals surface area contributed by atoms with E-state index in [0.29, 0.717) is 19.3 Å². The van der Waals surface area contributed by atoms with Crippen molar-refractivity contribution in [3.63, 3.8) is 0 Å². The molecule has 1 N–H and O–H groups in total. The molecule has 0 aromatic carbocycles. The molecule has 1 heterocycles. The van der Waals surface area contributed by atoms with Crippen LogP contribution in [0.2, 0.25) is 0 Å². The molecule has 138 valence electrons. The maximum atomic E-state index is 13.6. The van der Waals surface area contributed by atoms with Crippen molar-refractivity contribution < 1.29 is 31.9 Å². The SMILES string of the molecule is COC(=O)[C@@H]1CN(C(=O)NC2CCCCC(F)(F)C2)C[C@H]1C(F)F. The Labute approximate surface area is 137 Å². The number of urea groups is 1. The Balaban J connectivity index is 1.98. The first-order valence-corrected chi connectivity index (χ1v) is 8.03. The van der Waals surface area contributed by atoms with Crippen LogP contribution in [0.15, 0.2) is 0 Å². The number of hydrogen-bond donors (Lipinski definition) is 1. The average molecular weight is 354 g/mol. The highest BCUT2D eigenvalue weighted by Gasteiger charge is 2.45. The first-order chi connectivity index (χ1) is 11.2. The summed E-state index contributed by atoms with van der Waals surface area (Å²) in [5.41, 5.74) is 0. The molecule has 0 aromatic rings.